The van der Waals surface area contributed by atoms with Gasteiger partial charge in [0.2, 0.25) is 0 Å². The first kappa shape index (κ1) is 13.3. The summed E-state index contributed by atoms with van der Waals surface area (Å²) in [6, 6.07) is 2.42. The minimum Gasteiger partial charge on any atom is -0.396 e. The van der Waals surface area contributed by atoms with E-state index < -0.39 is 0 Å². The van der Waals surface area contributed by atoms with Gasteiger partial charge in [-0.2, -0.15) is 5.10 Å². The molecule has 2 aromatic rings. The molecule has 3 rings (SSSR count). The van der Waals surface area contributed by atoms with Crippen LogP contribution in [0.15, 0.2) is 30.6 Å². The molecule has 0 radical (unpaired) electrons. The predicted octanol–water partition coefficient (Wildman–Crippen LogP) is 1.63. The molecule has 20 heavy (non-hydrogen) atoms. The molecule has 106 valence electrons. The standard InChI is InChI=1S/C15H20N4O/c1-10(18-13-4-3-12(7-13)9-20)14-8-16-15-5-6-17-19(15)11(14)2/h3-6,8,10,12-13,18,20H,7,9H2,1-2H3/t10?,12-,13+/m0/s1. The lowest BCUT2D eigenvalue weighted by atomic mass is 10.1. The lowest BCUT2D eigenvalue weighted by Gasteiger charge is -2.21. The lowest BCUT2D eigenvalue weighted by molar-refractivity contribution is 0.245. The van der Waals surface area contributed by atoms with Crippen molar-refractivity contribution in [3.63, 3.8) is 0 Å². The summed E-state index contributed by atoms with van der Waals surface area (Å²) in [4.78, 5) is 4.43. The number of aliphatic hydroxyl groups excluding tert-OH is 1. The second-order valence-corrected chi connectivity index (χ2v) is 5.46. The largest absolute Gasteiger partial charge is 0.396 e. The topological polar surface area (TPSA) is 62.5 Å². The van der Waals surface area contributed by atoms with Crippen LogP contribution in [0.25, 0.3) is 5.65 Å². The number of hydrogen-bond donors (Lipinski definition) is 2. The Kier molecular flexibility index (Phi) is 3.54. The molecule has 1 aliphatic rings. The van der Waals surface area contributed by atoms with Crippen LogP contribution in [0.2, 0.25) is 0 Å². The molecule has 0 saturated heterocycles. The van der Waals surface area contributed by atoms with Crippen LogP contribution >= 0.6 is 0 Å². The third kappa shape index (κ3) is 2.34. The van der Waals surface area contributed by atoms with Gasteiger partial charge in [0.1, 0.15) is 0 Å². The van der Waals surface area contributed by atoms with Crippen molar-refractivity contribution in [3.05, 3.63) is 41.9 Å². The minimum absolute atomic E-state index is 0.197. The third-order valence-corrected chi connectivity index (χ3v) is 4.03. The second-order valence-electron chi connectivity index (χ2n) is 5.46. The van der Waals surface area contributed by atoms with Crippen LogP contribution in [-0.4, -0.2) is 32.4 Å². The molecule has 5 heteroatoms. The molecule has 0 bridgehead atoms. The van der Waals surface area contributed by atoms with E-state index >= 15 is 0 Å². The Labute approximate surface area is 118 Å². The number of aromatic nitrogens is 3. The number of hydrogen-bond acceptors (Lipinski definition) is 4. The minimum atomic E-state index is 0.197. The van der Waals surface area contributed by atoms with Crippen molar-refractivity contribution in [1.82, 2.24) is 19.9 Å². The smallest absolute Gasteiger partial charge is 0.155 e. The molecule has 3 atom stereocenters. The van der Waals surface area contributed by atoms with E-state index in [1.165, 1.54) is 0 Å². The fourth-order valence-corrected chi connectivity index (χ4v) is 2.87. The summed E-state index contributed by atoms with van der Waals surface area (Å²) in [6.07, 6.45) is 8.88. The highest BCUT2D eigenvalue weighted by atomic mass is 16.3. The van der Waals surface area contributed by atoms with E-state index in [1.54, 1.807) is 6.20 Å². The third-order valence-electron chi connectivity index (χ3n) is 4.03. The Morgan fingerprint density at radius 3 is 3.10 bits per heavy atom. The monoisotopic (exact) mass is 272 g/mol. The molecule has 0 amide bonds. The highest BCUT2D eigenvalue weighted by Gasteiger charge is 2.21. The molecule has 0 aliphatic heterocycles. The van der Waals surface area contributed by atoms with Crippen LogP contribution in [-0.2, 0) is 0 Å². The molecule has 1 unspecified atom stereocenters. The van der Waals surface area contributed by atoms with E-state index in [9.17, 15) is 5.11 Å². The Morgan fingerprint density at radius 2 is 2.35 bits per heavy atom. The maximum absolute atomic E-state index is 9.17. The number of fused-ring (bicyclic) bond motifs is 1. The van der Waals surface area contributed by atoms with Gasteiger partial charge in [-0.1, -0.05) is 12.2 Å². The Morgan fingerprint density at radius 1 is 1.50 bits per heavy atom. The molecule has 0 spiro atoms. The van der Waals surface area contributed by atoms with Crippen LogP contribution in [0.5, 0.6) is 0 Å². The summed E-state index contributed by atoms with van der Waals surface area (Å²) in [7, 11) is 0. The fourth-order valence-electron chi connectivity index (χ4n) is 2.87. The quantitative estimate of drug-likeness (QED) is 0.830. The van der Waals surface area contributed by atoms with Gasteiger partial charge in [0, 0.05) is 48.1 Å². The average Bonchev–Trinajstić information content (AvgIpc) is 3.07. The molecule has 5 nitrogen and oxygen atoms in total. The van der Waals surface area contributed by atoms with E-state index in [0.29, 0.717) is 6.04 Å². The van der Waals surface area contributed by atoms with Crippen molar-refractivity contribution in [2.75, 3.05) is 6.61 Å². The summed E-state index contributed by atoms with van der Waals surface area (Å²) in [5, 5.41) is 17.0. The van der Waals surface area contributed by atoms with Gasteiger partial charge >= 0.3 is 0 Å². The zero-order valence-electron chi connectivity index (χ0n) is 11.8. The summed E-state index contributed by atoms with van der Waals surface area (Å²) in [5.74, 6) is 0.285. The van der Waals surface area contributed by atoms with Crippen molar-refractivity contribution >= 4 is 5.65 Å². The Balaban J connectivity index is 1.77. The summed E-state index contributed by atoms with van der Waals surface area (Å²) in [5.41, 5.74) is 3.14. The molecule has 0 aromatic carbocycles. The molecule has 0 fully saturated rings. The molecular formula is C15H20N4O. The second kappa shape index (κ2) is 5.34. The maximum atomic E-state index is 9.17. The van der Waals surface area contributed by atoms with Crippen molar-refractivity contribution in [1.29, 1.82) is 0 Å². The van der Waals surface area contributed by atoms with E-state index in [-0.39, 0.29) is 18.6 Å². The first-order valence-corrected chi connectivity index (χ1v) is 7.03. The van der Waals surface area contributed by atoms with Crippen LogP contribution < -0.4 is 5.32 Å². The van der Waals surface area contributed by atoms with Crippen molar-refractivity contribution < 1.29 is 5.11 Å². The zero-order valence-corrected chi connectivity index (χ0v) is 11.8. The molecule has 2 heterocycles. The molecule has 2 N–H and O–H groups in total. The van der Waals surface area contributed by atoms with Gasteiger partial charge in [0.15, 0.2) is 5.65 Å². The van der Waals surface area contributed by atoms with Gasteiger partial charge < -0.3 is 10.4 Å². The van der Waals surface area contributed by atoms with Gasteiger partial charge in [-0.25, -0.2) is 9.50 Å². The van der Waals surface area contributed by atoms with Gasteiger partial charge in [0.05, 0.1) is 6.20 Å². The maximum Gasteiger partial charge on any atom is 0.155 e. The van der Waals surface area contributed by atoms with E-state index in [1.807, 2.05) is 16.8 Å². The first-order chi connectivity index (χ1) is 9.69. The van der Waals surface area contributed by atoms with Crippen molar-refractivity contribution in [3.8, 4) is 0 Å². The normalized spacial score (nSPS) is 23.6. The zero-order chi connectivity index (χ0) is 14.1. The highest BCUT2D eigenvalue weighted by molar-refractivity contribution is 5.39. The van der Waals surface area contributed by atoms with Crippen LogP contribution in [0, 0.1) is 12.8 Å². The van der Waals surface area contributed by atoms with Crippen molar-refractivity contribution in [2.45, 2.75) is 32.4 Å². The SMILES string of the molecule is Cc1c(C(C)N[C@@H]2C=C[C@H](CO)C2)cnc2ccnn12. The number of nitrogens with one attached hydrogen (secondary N) is 1. The number of nitrogens with zero attached hydrogens (tertiary/aromatic N) is 3. The van der Waals surface area contributed by atoms with E-state index in [0.717, 1.165) is 23.3 Å². The Bertz CT molecular complexity index is 634. The predicted molar refractivity (Wildman–Crippen MR) is 77.4 cm³/mol. The average molecular weight is 272 g/mol. The van der Waals surface area contributed by atoms with Gasteiger partial charge in [-0.3, -0.25) is 0 Å². The number of rotatable bonds is 4. The highest BCUT2D eigenvalue weighted by Crippen LogP contribution is 2.22. The number of aliphatic hydroxyl groups is 1. The first-order valence-electron chi connectivity index (χ1n) is 7.03. The van der Waals surface area contributed by atoms with Gasteiger partial charge in [0.25, 0.3) is 0 Å². The molecule has 1 aliphatic carbocycles. The fraction of sp³-hybridized carbons (Fsp3) is 0.467. The lowest BCUT2D eigenvalue weighted by Crippen LogP contribution is -2.30. The summed E-state index contributed by atoms with van der Waals surface area (Å²) >= 11 is 0. The molecule has 2 aromatic heterocycles. The molecule has 0 saturated carbocycles. The van der Waals surface area contributed by atoms with Crippen LogP contribution in [0.1, 0.15) is 30.6 Å². The Hall–Kier alpha value is -1.72. The molecular weight excluding hydrogens is 252 g/mol. The summed E-state index contributed by atoms with van der Waals surface area (Å²) < 4.78 is 1.87. The van der Waals surface area contributed by atoms with Crippen molar-refractivity contribution in [2.24, 2.45) is 5.92 Å². The number of aryl methyl sites for hydroxylation is 1. The van der Waals surface area contributed by atoms with E-state index in [2.05, 4.69) is 41.4 Å². The van der Waals surface area contributed by atoms with Crippen LogP contribution in [0.4, 0.5) is 0 Å². The van der Waals surface area contributed by atoms with E-state index in [4.69, 9.17) is 0 Å². The van der Waals surface area contributed by atoms with Crippen LogP contribution in [0.3, 0.4) is 0 Å². The summed E-state index contributed by atoms with van der Waals surface area (Å²) in [6.45, 7) is 4.43. The van der Waals surface area contributed by atoms with Gasteiger partial charge in [-0.05, 0) is 20.3 Å². The van der Waals surface area contributed by atoms with Gasteiger partial charge in [-0.15, -0.1) is 0 Å².